The summed E-state index contributed by atoms with van der Waals surface area (Å²) in [6.45, 7) is -1.02. The molecular formula is C33H24FNO5S. The third-order valence-electron chi connectivity index (χ3n) is 6.98. The standard InChI is InChI=1S/C33H24FNO5S/c34-26-6-3-5-22(19-26)20-35(21-32(36)37)41(38,39)27-17-15-24(16-18-27)23-11-13-25(14-12-23)28-8-4-10-31-33(28)29-7-1-2-9-30(29)40-31/h1-19H,20-21H2,(H,36,37). The van der Waals surface area contributed by atoms with Crippen molar-refractivity contribution in [3.8, 4) is 22.3 Å². The Balaban J connectivity index is 1.28. The molecule has 0 saturated carbocycles. The Morgan fingerprint density at radius 1 is 0.756 bits per heavy atom. The average molecular weight is 566 g/mol. The Labute approximate surface area is 235 Å². The molecule has 1 heterocycles. The predicted octanol–water partition coefficient (Wildman–Crippen LogP) is 7.33. The molecule has 0 fully saturated rings. The van der Waals surface area contributed by atoms with Crippen LogP contribution >= 0.6 is 0 Å². The molecule has 6 nitrogen and oxygen atoms in total. The van der Waals surface area contributed by atoms with Gasteiger partial charge in [0.05, 0.1) is 4.90 Å². The lowest BCUT2D eigenvalue weighted by molar-refractivity contribution is -0.137. The molecular weight excluding hydrogens is 541 g/mol. The van der Waals surface area contributed by atoms with Gasteiger partial charge >= 0.3 is 5.97 Å². The van der Waals surface area contributed by atoms with E-state index in [1.807, 2.05) is 60.7 Å². The maximum absolute atomic E-state index is 13.7. The lowest BCUT2D eigenvalue weighted by Crippen LogP contribution is -2.35. The molecule has 0 aliphatic carbocycles. The van der Waals surface area contributed by atoms with Crippen LogP contribution in [0.5, 0.6) is 0 Å². The molecule has 0 spiro atoms. The van der Waals surface area contributed by atoms with Crippen molar-refractivity contribution in [2.24, 2.45) is 0 Å². The van der Waals surface area contributed by atoms with Crippen LogP contribution in [0.4, 0.5) is 4.39 Å². The van der Waals surface area contributed by atoms with Crippen molar-refractivity contribution in [1.82, 2.24) is 4.31 Å². The first-order valence-electron chi connectivity index (χ1n) is 12.9. The van der Waals surface area contributed by atoms with Crippen LogP contribution in [0.15, 0.2) is 125 Å². The normalized spacial score (nSPS) is 11.9. The first-order valence-corrected chi connectivity index (χ1v) is 14.3. The molecule has 0 radical (unpaired) electrons. The van der Waals surface area contributed by atoms with Crippen molar-refractivity contribution in [2.45, 2.75) is 11.4 Å². The van der Waals surface area contributed by atoms with E-state index in [0.29, 0.717) is 5.56 Å². The maximum Gasteiger partial charge on any atom is 0.318 e. The minimum absolute atomic E-state index is 0.0472. The van der Waals surface area contributed by atoms with Crippen LogP contribution in [0.25, 0.3) is 44.2 Å². The minimum Gasteiger partial charge on any atom is -0.480 e. The molecule has 6 rings (SSSR count). The van der Waals surface area contributed by atoms with E-state index in [4.69, 9.17) is 4.42 Å². The van der Waals surface area contributed by atoms with E-state index in [2.05, 4.69) is 6.07 Å². The van der Waals surface area contributed by atoms with E-state index in [9.17, 15) is 22.7 Å². The van der Waals surface area contributed by atoms with E-state index < -0.39 is 28.4 Å². The first kappa shape index (κ1) is 26.4. The van der Waals surface area contributed by atoms with E-state index in [1.54, 1.807) is 18.2 Å². The number of furan rings is 1. The highest BCUT2D eigenvalue weighted by Gasteiger charge is 2.27. The lowest BCUT2D eigenvalue weighted by Gasteiger charge is -2.21. The van der Waals surface area contributed by atoms with Crippen LogP contribution < -0.4 is 0 Å². The Morgan fingerprint density at radius 2 is 1.39 bits per heavy atom. The zero-order valence-corrected chi connectivity index (χ0v) is 22.5. The number of aliphatic carboxylic acids is 1. The summed E-state index contributed by atoms with van der Waals surface area (Å²) >= 11 is 0. The zero-order chi connectivity index (χ0) is 28.6. The summed E-state index contributed by atoms with van der Waals surface area (Å²) in [4.78, 5) is 11.4. The SMILES string of the molecule is O=C(O)CN(Cc1cccc(F)c1)S(=O)(=O)c1ccc(-c2ccc(-c3cccc4oc5ccccc5c34)cc2)cc1. The summed E-state index contributed by atoms with van der Waals surface area (Å²) in [7, 11) is -4.16. The second-order valence-corrected chi connectivity index (χ2v) is 11.6. The Morgan fingerprint density at radius 3 is 2.10 bits per heavy atom. The molecule has 0 aliphatic heterocycles. The van der Waals surface area contributed by atoms with Crippen LogP contribution in [0.1, 0.15) is 5.56 Å². The third-order valence-corrected chi connectivity index (χ3v) is 8.79. The quantitative estimate of drug-likeness (QED) is 0.209. The number of halogens is 1. The van der Waals surface area contributed by atoms with Crippen molar-refractivity contribution in [2.75, 3.05) is 6.54 Å². The van der Waals surface area contributed by atoms with Crippen molar-refractivity contribution >= 4 is 37.9 Å². The number of hydrogen-bond acceptors (Lipinski definition) is 4. The van der Waals surface area contributed by atoms with E-state index >= 15 is 0 Å². The van der Waals surface area contributed by atoms with Crippen LogP contribution in [0.3, 0.4) is 0 Å². The average Bonchev–Trinajstić information content (AvgIpc) is 3.36. The summed E-state index contributed by atoms with van der Waals surface area (Å²) in [6.07, 6.45) is 0. The topological polar surface area (TPSA) is 87.8 Å². The number of sulfonamides is 1. The fourth-order valence-corrected chi connectivity index (χ4v) is 6.42. The molecule has 6 aromatic rings. The van der Waals surface area contributed by atoms with Gasteiger partial charge in [-0.3, -0.25) is 4.79 Å². The van der Waals surface area contributed by atoms with E-state index in [-0.39, 0.29) is 11.4 Å². The summed E-state index contributed by atoms with van der Waals surface area (Å²) in [5.74, 6) is -1.83. The van der Waals surface area contributed by atoms with Crippen LogP contribution in [0, 0.1) is 5.82 Å². The second kappa shape index (κ2) is 10.6. The summed E-state index contributed by atoms with van der Waals surface area (Å²) in [6, 6.07) is 33.6. The molecule has 0 saturated heterocycles. The Bertz CT molecular complexity index is 2000. The molecule has 204 valence electrons. The Kier molecular flexibility index (Phi) is 6.86. The number of nitrogens with zero attached hydrogens (tertiary/aromatic N) is 1. The van der Waals surface area contributed by atoms with Gasteiger partial charge in [0.15, 0.2) is 0 Å². The van der Waals surface area contributed by atoms with Gasteiger partial charge in [0.2, 0.25) is 10.0 Å². The highest BCUT2D eigenvalue weighted by atomic mass is 32.2. The molecule has 0 atom stereocenters. The number of carboxylic acids is 1. The second-order valence-electron chi connectivity index (χ2n) is 9.68. The fourth-order valence-electron chi connectivity index (χ4n) is 5.04. The number of carbonyl (C=O) groups is 1. The minimum atomic E-state index is -4.16. The molecule has 8 heteroatoms. The number of carboxylic acid groups (broad SMARTS) is 1. The monoisotopic (exact) mass is 565 g/mol. The molecule has 0 unspecified atom stereocenters. The summed E-state index contributed by atoms with van der Waals surface area (Å²) < 4.78 is 47.2. The van der Waals surface area contributed by atoms with Crippen molar-refractivity contribution in [1.29, 1.82) is 0 Å². The Hall–Kier alpha value is -4.79. The van der Waals surface area contributed by atoms with Crippen LogP contribution in [-0.4, -0.2) is 30.3 Å². The maximum atomic E-state index is 13.7. The van der Waals surface area contributed by atoms with Gasteiger partial charge in [-0.15, -0.1) is 0 Å². The number of rotatable bonds is 8. The van der Waals surface area contributed by atoms with Gasteiger partial charge < -0.3 is 9.52 Å². The summed E-state index contributed by atoms with van der Waals surface area (Å²) in [5.41, 5.74) is 5.77. The van der Waals surface area contributed by atoms with Gasteiger partial charge in [-0.25, -0.2) is 12.8 Å². The van der Waals surface area contributed by atoms with Crippen molar-refractivity contribution < 1.29 is 27.1 Å². The molecule has 41 heavy (non-hydrogen) atoms. The van der Waals surface area contributed by atoms with Gasteiger partial charge in [0, 0.05) is 17.3 Å². The molecule has 0 bridgehead atoms. The van der Waals surface area contributed by atoms with Gasteiger partial charge in [0.25, 0.3) is 0 Å². The number of fused-ring (bicyclic) bond motifs is 3. The van der Waals surface area contributed by atoms with E-state index in [1.165, 1.54) is 30.3 Å². The highest BCUT2D eigenvalue weighted by molar-refractivity contribution is 7.89. The molecule has 0 aliphatic rings. The predicted molar refractivity (Wildman–Crippen MR) is 156 cm³/mol. The lowest BCUT2D eigenvalue weighted by atomic mass is 9.97. The number of benzene rings is 5. The van der Waals surface area contributed by atoms with Crippen LogP contribution in [-0.2, 0) is 21.4 Å². The molecule has 5 aromatic carbocycles. The van der Waals surface area contributed by atoms with Gasteiger partial charge in [-0.2, -0.15) is 4.31 Å². The van der Waals surface area contributed by atoms with Crippen LogP contribution in [0.2, 0.25) is 0 Å². The van der Waals surface area contributed by atoms with Crippen molar-refractivity contribution in [3.05, 3.63) is 127 Å². The molecule has 1 aromatic heterocycles. The number of para-hydroxylation sites is 1. The first-order chi connectivity index (χ1) is 19.8. The van der Waals surface area contributed by atoms with Crippen molar-refractivity contribution in [3.63, 3.8) is 0 Å². The van der Waals surface area contributed by atoms with Gasteiger partial charge in [-0.05, 0) is 64.2 Å². The third kappa shape index (κ3) is 5.23. The zero-order valence-electron chi connectivity index (χ0n) is 21.7. The summed E-state index contributed by atoms with van der Waals surface area (Å²) in [5, 5.41) is 11.4. The number of hydrogen-bond donors (Lipinski definition) is 1. The molecule has 1 N–H and O–H groups in total. The highest BCUT2D eigenvalue weighted by Crippen LogP contribution is 2.37. The largest absolute Gasteiger partial charge is 0.480 e. The fraction of sp³-hybridized carbons (Fsp3) is 0.0606. The van der Waals surface area contributed by atoms with Gasteiger partial charge in [-0.1, -0.05) is 78.9 Å². The van der Waals surface area contributed by atoms with Gasteiger partial charge in [0.1, 0.15) is 23.5 Å². The van der Waals surface area contributed by atoms with E-state index in [0.717, 1.165) is 48.5 Å². The molecule has 0 amide bonds. The smallest absolute Gasteiger partial charge is 0.318 e.